The fourth-order valence-corrected chi connectivity index (χ4v) is 4.10. The Labute approximate surface area is 164 Å². The summed E-state index contributed by atoms with van der Waals surface area (Å²) in [6.45, 7) is 12.3. The minimum absolute atomic E-state index is 0.0652. The first-order chi connectivity index (χ1) is 12.6. The molecular weight excluding hydrogens is 358 g/mol. The van der Waals surface area contributed by atoms with Gasteiger partial charge in [-0.15, -0.1) is 11.3 Å². The van der Waals surface area contributed by atoms with E-state index in [2.05, 4.69) is 40.7 Å². The normalized spacial score (nSPS) is 13.0. The molecule has 2 N–H and O–H groups in total. The second-order valence-corrected chi connectivity index (χ2v) is 9.18. The van der Waals surface area contributed by atoms with E-state index < -0.39 is 11.7 Å². The Balaban J connectivity index is 1.80. The lowest BCUT2D eigenvalue weighted by molar-refractivity contribution is 0.0511. The van der Waals surface area contributed by atoms with Gasteiger partial charge in [-0.2, -0.15) is 0 Å². The number of fused-ring (bicyclic) bond motifs is 3. The van der Waals surface area contributed by atoms with E-state index in [1.807, 2.05) is 40.7 Å². The van der Waals surface area contributed by atoms with Gasteiger partial charge in [0, 0.05) is 38.6 Å². The van der Waals surface area contributed by atoms with Gasteiger partial charge in [-0.25, -0.2) is 4.79 Å². The number of hydrogen-bond donors (Lipinski definition) is 2. The van der Waals surface area contributed by atoms with Gasteiger partial charge in [-0.05, 0) is 59.7 Å². The van der Waals surface area contributed by atoms with Crippen LogP contribution in [0.5, 0.6) is 0 Å². The predicted molar refractivity (Wildman–Crippen MR) is 114 cm³/mol. The van der Waals surface area contributed by atoms with Crippen molar-refractivity contribution in [3.63, 3.8) is 0 Å². The molecule has 0 aliphatic rings. The van der Waals surface area contributed by atoms with Gasteiger partial charge >= 0.3 is 6.09 Å². The molecule has 1 atom stereocenters. The average Bonchev–Trinajstić information content (AvgIpc) is 2.86. The van der Waals surface area contributed by atoms with Crippen LogP contribution in [0.4, 0.5) is 10.5 Å². The highest BCUT2D eigenvalue weighted by atomic mass is 32.1. The van der Waals surface area contributed by atoms with Gasteiger partial charge in [0.15, 0.2) is 0 Å². The number of amides is 1. The maximum atomic E-state index is 11.9. The number of benzene rings is 1. The van der Waals surface area contributed by atoms with Gasteiger partial charge in [0.25, 0.3) is 0 Å². The number of aromatic nitrogens is 1. The number of alkyl carbamates (subject to hydrolysis) is 1. The third kappa shape index (κ3) is 4.50. The van der Waals surface area contributed by atoms with Crippen LogP contribution in [-0.4, -0.2) is 29.3 Å². The summed E-state index contributed by atoms with van der Waals surface area (Å²) in [5.41, 5.74) is 2.63. The second-order valence-electron chi connectivity index (χ2n) is 7.92. The summed E-state index contributed by atoms with van der Waals surface area (Å²) in [5.74, 6) is 0. The van der Waals surface area contributed by atoms with Gasteiger partial charge < -0.3 is 15.4 Å². The monoisotopic (exact) mass is 385 g/mol. The van der Waals surface area contributed by atoms with Gasteiger partial charge in [0.05, 0.1) is 11.2 Å². The molecule has 27 heavy (non-hydrogen) atoms. The number of hydrogen-bond acceptors (Lipinski definition) is 5. The minimum atomic E-state index is -0.499. The third-order valence-corrected chi connectivity index (χ3v) is 5.26. The number of carbonyl (C=O) groups is 1. The van der Waals surface area contributed by atoms with Crippen molar-refractivity contribution < 1.29 is 9.53 Å². The van der Waals surface area contributed by atoms with Crippen molar-refractivity contribution in [1.29, 1.82) is 0 Å². The smallest absolute Gasteiger partial charge is 0.407 e. The lowest BCUT2D eigenvalue weighted by Crippen LogP contribution is -2.40. The first-order valence-electron chi connectivity index (χ1n) is 9.17. The Bertz CT molecular complexity index is 988. The summed E-state index contributed by atoms with van der Waals surface area (Å²) in [6, 6.07) is 8.33. The highest BCUT2D eigenvalue weighted by Gasteiger charge is 2.18. The Morgan fingerprint density at radius 3 is 2.67 bits per heavy atom. The van der Waals surface area contributed by atoms with Gasteiger partial charge in [0.1, 0.15) is 5.60 Å². The number of rotatable bonds is 4. The summed E-state index contributed by atoms with van der Waals surface area (Å²) in [6.07, 6.45) is -0.395. The van der Waals surface area contributed by atoms with Crippen LogP contribution < -0.4 is 10.6 Å². The molecule has 0 aliphatic heterocycles. The van der Waals surface area contributed by atoms with Crippen molar-refractivity contribution in [2.24, 2.45) is 0 Å². The molecule has 0 saturated heterocycles. The summed E-state index contributed by atoms with van der Waals surface area (Å²) in [7, 11) is 0. The van der Waals surface area contributed by atoms with E-state index in [0.29, 0.717) is 6.54 Å². The van der Waals surface area contributed by atoms with Crippen molar-refractivity contribution in [3.8, 4) is 0 Å². The molecule has 0 bridgehead atoms. The first kappa shape index (κ1) is 19.4. The molecular formula is C21H27N3O2S. The largest absolute Gasteiger partial charge is 0.444 e. The lowest BCUT2D eigenvalue weighted by Gasteiger charge is -2.22. The maximum Gasteiger partial charge on any atom is 0.407 e. The zero-order valence-corrected chi connectivity index (χ0v) is 17.6. The number of ether oxygens (including phenoxy) is 1. The van der Waals surface area contributed by atoms with E-state index in [4.69, 9.17) is 4.74 Å². The molecule has 0 saturated carbocycles. The van der Waals surface area contributed by atoms with Crippen LogP contribution in [0.3, 0.4) is 0 Å². The molecule has 3 rings (SSSR count). The number of anilines is 1. The molecule has 2 heterocycles. The van der Waals surface area contributed by atoms with E-state index in [0.717, 1.165) is 22.3 Å². The molecule has 144 valence electrons. The highest BCUT2D eigenvalue weighted by molar-refractivity contribution is 7.19. The molecule has 0 spiro atoms. The standard InChI is InChI=1S/C21H27N3O2S/c1-12-7-8-15-16(23-12)9-10-17-18(15)19(14(3)27-17)22-11-13(2)24-20(25)26-21(4,5)6/h7-10,13,22H,11H2,1-6H3,(H,24,25)/t13-/m1/s1. The molecule has 6 heteroatoms. The second kappa shape index (κ2) is 7.35. The number of carbonyl (C=O) groups excluding carboxylic acids is 1. The van der Waals surface area contributed by atoms with E-state index in [1.165, 1.54) is 15.0 Å². The summed E-state index contributed by atoms with van der Waals surface area (Å²) < 4.78 is 6.56. The molecule has 2 aromatic heterocycles. The van der Waals surface area contributed by atoms with Crippen molar-refractivity contribution in [2.75, 3.05) is 11.9 Å². The van der Waals surface area contributed by atoms with Crippen LogP contribution >= 0.6 is 11.3 Å². The Kier molecular flexibility index (Phi) is 5.29. The van der Waals surface area contributed by atoms with Gasteiger partial charge in [-0.1, -0.05) is 6.07 Å². The van der Waals surface area contributed by atoms with E-state index in [9.17, 15) is 4.79 Å². The topological polar surface area (TPSA) is 63.2 Å². The highest BCUT2D eigenvalue weighted by Crippen LogP contribution is 2.39. The van der Waals surface area contributed by atoms with Crippen molar-refractivity contribution in [3.05, 3.63) is 34.8 Å². The molecule has 1 aromatic carbocycles. The van der Waals surface area contributed by atoms with Gasteiger partial charge in [-0.3, -0.25) is 4.98 Å². The third-order valence-electron chi connectivity index (χ3n) is 4.19. The fourth-order valence-electron chi connectivity index (χ4n) is 3.05. The quantitative estimate of drug-likeness (QED) is 0.632. The van der Waals surface area contributed by atoms with E-state index in [-0.39, 0.29) is 6.04 Å². The Morgan fingerprint density at radius 2 is 1.96 bits per heavy atom. The van der Waals surface area contributed by atoms with Crippen molar-refractivity contribution in [2.45, 2.75) is 53.2 Å². The lowest BCUT2D eigenvalue weighted by atomic mass is 10.1. The summed E-state index contributed by atoms with van der Waals surface area (Å²) in [4.78, 5) is 17.8. The molecule has 5 nitrogen and oxygen atoms in total. The number of nitrogens with zero attached hydrogens (tertiary/aromatic N) is 1. The molecule has 3 aromatic rings. The van der Waals surface area contributed by atoms with Crippen molar-refractivity contribution >= 4 is 44.1 Å². The first-order valence-corrected chi connectivity index (χ1v) is 9.98. The molecule has 1 amide bonds. The molecule has 0 radical (unpaired) electrons. The fraction of sp³-hybridized carbons (Fsp3) is 0.429. The van der Waals surface area contributed by atoms with E-state index in [1.54, 1.807) is 11.3 Å². The van der Waals surface area contributed by atoms with Crippen LogP contribution in [0.15, 0.2) is 24.3 Å². The molecule has 0 unspecified atom stereocenters. The zero-order chi connectivity index (χ0) is 19.8. The Hall–Kier alpha value is -2.34. The SMILES string of the molecule is Cc1ccc2c(ccc3sc(C)c(NC[C@@H](C)NC(=O)OC(C)(C)C)c32)n1. The Morgan fingerprint density at radius 1 is 1.22 bits per heavy atom. The van der Waals surface area contributed by atoms with Crippen LogP contribution in [0, 0.1) is 13.8 Å². The molecule has 0 aliphatic carbocycles. The minimum Gasteiger partial charge on any atom is -0.444 e. The number of pyridine rings is 1. The van der Waals surface area contributed by atoms with Crippen LogP contribution in [-0.2, 0) is 4.74 Å². The number of thiophene rings is 1. The number of aryl methyl sites for hydroxylation is 2. The van der Waals surface area contributed by atoms with E-state index >= 15 is 0 Å². The summed E-state index contributed by atoms with van der Waals surface area (Å²) in [5, 5.41) is 8.75. The molecule has 0 fully saturated rings. The summed E-state index contributed by atoms with van der Waals surface area (Å²) >= 11 is 1.77. The van der Waals surface area contributed by atoms with Crippen LogP contribution in [0.2, 0.25) is 0 Å². The maximum absolute atomic E-state index is 11.9. The van der Waals surface area contributed by atoms with Crippen LogP contribution in [0.1, 0.15) is 38.3 Å². The van der Waals surface area contributed by atoms with Crippen molar-refractivity contribution in [1.82, 2.24) is 10.3 Å². The average molecular weight is 386 g/mol. The van der Waals surface area contributed by atoms with Crippen LogP contribution in [0.25, 0.3) is 21.0 Å². The van der Waals surface area contributed by atoms with Gasteiger partial charge in [0.2, 0.25) is 0 Å². The number of nitrogens with one attached hydrogen (secondary N) is 2. The zero-order valence-electron chi connectivity index (χ0n) is 16.8. The predicted octanol–water partition coefficient (Wildman–Crippen LogP) is 5.39.